The minimum Gasteiger partial charge on any atom is -0.343 e. The third-order valence-electron chi connectivity index (χ3n) is 5.82. The second-order valence-corrected chi connectivity index (χ2v) is 7.82. The van der Waals surface area contributed by atoms with Gasteiger partial charge in [-0.05, 0) is 43.5 Å². The van der Waals surface area contributed by atoms with E-state index >= 15 is 0 Å². The lowest BCUT2D eigenvalue weighted by atomic mass is 9.95. The second kappa shape index (κ2) is 8.28. The third kappa shape index (κ3) is 3.68. The van der Waals surface area contributed by atoms with Gasteiger partial charge in [0.1, 0.15) is 12.1 Å². The van der Waals surface area contributed by atoms with Crippen LogP contribution in [-0.4, -0.2) is 43.4 Å². The number of carbonyl (C=O) groups is 3. The van der Waals surface area contributed by atoms with E-state index in [2.05, 4.69) is 16.0 Å². The number of nitrogens with zero attached hydrogens (tertiary/aromatic N) is 1. The summed E-state index contributed by atoms with van der Waals surface area (Å²) < 4.78 is 0. The molecule has 0 aromatic heterocycles. The number of likely N-dealkylation sites (N-methyl/N-ethyl adjacent to an activating group) is 1. The van der Waals surface area contributed by atoms with E-state index in [1.54, 1.807) is 18.9 Å². The summed E-state index contributed by atoms with van der Waals surface area (Å²) in [6.45, 7) is 2.44. The number of benzene rings is 2. The fraction of sp³-hybridized carbons (Fsp3) is 0.348. The zero-order valence-electron chi connectivity index (χ0n) is 17.1. The highest BCUT2D eigenvalue weighted by molar-refractivity contribution is 6.06. The molecule has 0 unspecified atom stereocenters. The van der Waals surface area contributed by atoms with Gasteiger partial charge in [-0.25, -0.2) is 0 Å². The van der Waals surface area contributed by atoms with Crippen molar-refractivity contribution in [3.05, 3.63) is 54.1 Å². The fourth-order valence-corrected chi connectivity index (χ4v) is 4.13. The lowest BCUT2D eigenvalue weighted by molar-refractivity contribution is -0.131. The Bertz CT molecular complexity index is 984. The number of para-hydroxylation sites is 1. The van der Waals surface area contributed by atoms with Gasteiger partial charge in [0.05, 0.1) is 11.7 Å². The number of hydrogen-bond acceptors (Lipinski definition) is 4. The molecular formula is C23H26N4O3. The Balaban J connectivity index is 1.58. The molecule has 0 spiro atoms. The number of fused-ring (bicyclic) bond motifs is 3. The monoisotopic (exact) mass is 406 g/mol. The van der Waals surface area contributed by atoms with Crippen LogP contribution in [0.15, 0.2) is 48.5 Å². The van der Waals surface area contributed by atoms with E-state index in [0.717, 1.165) is 41.8 Å². The Hall–Kier alpha value is -3.19. The molecule has 7 heteroatoms. The van der Waals surface area contributed by atoms with E-state index < -0.39 is 18.0 Å². The van der Waals surface area contributed by atoms with Gasteiger partial charge in [-0.1, -0.05) is 42.5 Å². The highest BCUT2D eigenvalue weighted by Crippen LogP contribution is 2.39. The molecule has 1 fully saturated rings. The summed E-state index contributed by atoms with van der Waals surface area (Å²) in [5, 5.41) is 8.74. The first-order chi connectivity index (χ1) is 14.5. The molecular weight excluding hydrogens is 380 g/mol. The first-order valence-electron chi connectivity index (χ1n) is 10.3. The summed E-state index contributed by atoms with van der Waals surface area (Å²) in [6, 6.07) is 13.4. The summed E-state index contributed by atoms with van der Waals surface area (Å²) >= 11 is 0. The molecule has 156 valence electrons. The molecule has 2 aromatic carbocycles. The largest absolute Gasteiger partial charge is 0.343 e. The van der Waals surface area contributed by atoms with Gasteiger partial charge in [0.25, 0.3) is 5.91 Å². The van der Waals surface area contributed by atoms with Crippen LogP contribution >= 0.6 is 0 Å². The molecule has 0 aliphatic carbocycles. The lowest BCUT2D eigenvalue weighted by Gasteiger charge is -2.25. The Kier molecular flexibility index (Phi) is 5.55. The Morgan fingerprint density at radius 3 is 2.53 bits per heavy atom. The average molecular weight is 406 g/mol. The van der Waals surface area contributed by atoms with Crippen molar-refractivity contribution in [1.82, 2.24) is 16.0 Å². The van der Waals surface area contributed by atoms with Crippen molar-refractivity contribution in [2.24, 2.45) is 0 Å². The van der Waals surface area contributed by atoms with E-state index in [9.17, 15) is 14.4 Å². The number of rotatable bonds is 4. The molecule has 3 N–H and O–H groups in total. The van der Waals surface area contributed by atoms with E-state index in [1.807, 2.05) is 48.5 Å². The van der Waals surface area contributed by atoms with Gasteiger partial charge in [-0.3, -0.25) is 14.4 Å². The predicted octanol–water partition coefficient (Wildman–Crippen LogP) is 1.74. The maximum absolute atomic E-state index is 13.3. The maximum atomic E-state index is 13.3. The average Bonchev–Trinajstić information content (AvgIpc) is 3.29. The summed E-state index contributed by atoms with van der Waals surface area (Å²) in [7, 11) is 1.71. The third-order valence-corrected chi connectivity index (χ3v) is 5.82. The van der Waals surface area contributed by atoms with Gasteiger partial charge >= 0.3 is 0 Å². The minimum atomic E-state index is -0.838. The maximum Gasteiger partial charge on any atom is 0.253 e. The van der Waals surface area contributed by atoms with Crippen molar-refractivity contribution in [2.75, 3.05) is 18.5 Å². The normalized spacial score (nSPS) is 21.3. The van der Waals surface area contributed by atoms with Crippen LogP contribution in [0.3, 0.4) is 0 Å². The van der Waals surface area contributed by atoms with Gasteiger partial charge in [-0.2, -0.15) is 0 Å². The molecule has 0 bridgehead atoms. The van der Waals surface area contributed by atoms with Crippen LogP contribution in [0.1, 0.15) is 31.4 Å². The second-order valence-electron chi connectivity index (χ2n) is 7.82. The van der Waals surface area contributed by atoms with Gasteiger partial charge in [-0.15, -0.1) is 0 Å². The number of amides is 3. The zero-order chi connectivity index (χ0) is 21.3. The van der Waals surface area contributed by atoms with Crippen molar-refractivity contribution in [1.29, 1.82) is 0 Å². The standard InChI is InChI=1S/C23H26N4O3/c1-14(25-22(29)18-11-7-13-24-18)21(28)26-20-17-10-4-3-8-15(17)16-9-5-6-12-19(16)27(2)23(20)30/h3-6,8-10,12,14,18,20,24H,7,11,13H2,1-2H3,(H,25,29)(H,26,28)/t14-,18-,20+/m0/s1. The molecule has 3 amide bonds. The molecule has 30 heavy (non-hydrogen) atoms. The van der Waals surface area contributed by atoms with Gasteiger partial charge < -0.3 is 20.9 Å². The number of anilines is 1. The van der Waals surface area contributed by atoms with Crippen LogP contribution in [0.4, 0.5) is 5.69 Å². The lowest BCUT2D eigenvalue weighted by Crippen LogP contribution is -2.52. The van der Waals surface area contributed by atoms with Crippen LogP contribution in [0.2, 0.25) is 0 Å². The molecule has 0 saturated carbocycles. The highest BCUT2D eigenvalue weighted by atomic mass is 16.2. The highest BCUT2D eigenvalue weighted by Gasteiger charge is 2.34. The van der Waals surface area contributed by atoms with Crippen LogP contribution in [0.5, 0.6) is 0 Å². The number of nitrogens with one attached hydrogen (secondary N) is 3. The number of carbonyl (C=O) groups excluding carboxylic acids is 3. The van der Waals surface area contributed by atoms with E-state index in [1.165, 1.54) is 0 Å². The quantitative estimate of drug-likeness (QED) is 0.722. The van der Waals surface area contributed by atoms with Crippen LogP contribution in [-0.2, 0) is 14.4 Å². The topological polar surface area (TPSA) is 90.5 Å². The predicted molar refractivity (Wildman–Crippen MR) is 115 cm³/mol. The molecule has 2 aliphatic rings. The first-order valence-corrected chi connectivity index (χ1v) is 10.3. The molecule has 7 nitrogen and oxygen atoms in total. The van der Waals surface area contributed by atoms with Crippen molar-refractivity contribution < 1.29 is 14.4 Å². The Morgan fingerprint density at radius 1 is 1.10 bits per heavy atom. The molecule has 2 heterocycles. The van der Waals surface area contributed by atoms with E-state index in [4.69, 9.17) is 0 Å². The molecule has 4 rings (SSSR count). The summed E-state index contributed by atoms with van der Waals surface area (Å²) in [5.41, 5.74) is 3.38. The number of hydrogen-bond donors (Lipinski definition) is 3. The van der Waals surface area contributed by atoms with Gasteiger partial charge in [0.15, 0.2) is 0 Å². The summed E-state index contributed by atoms with van der Waals surface area (Å²) in [5.74, 6) is -0.808. The SMILES string of the molecule is C[C@H](NC(=O)[C@@H]1CCCN1)C(=O)N[C@H]1C(=O)N(C)c2ccccc2-c2ccccc21. The van der Waals surface area contributed by atoms with E-state index in [0.29, 0.717) is 0 Å². The van der Waals surface area contributed by atoms with Crippen molar-refractivity contribution in [3.8, 4) is 11.1 Å². The van der Waals surface area contributed by atoms with Crippen molar-refractivity contribution in [3.63, 3.8) is 0 Å². The van der Waals surface area contributed by atoms with Crippen LogP contribution in [0.25, 0.3) is 11.1 Å². The Labute approximate surface area is 175 Å². The molecule has 0 radical (unpaired) electrons. The molecule has 2 aliphatic heterocycles. The van der Waals surface area contributed by atoms with Crippen LogP contribution in [0, 0.1) is 0 Å². The first kappa shape index (κ1) is 20.1. The summed E-state index contributed by atoms with van der Waals surface area (Å²) in [4.78, 5) is 40.1. The van der Waals surface area contributed by atoms with Gasteiger partial charge in [0, 0.05) is 12.6 Å². The van der Waals surface area contributed by atoms with Crippen molar-refractivity contribution in [2.45, 2.75) is 37.9 Å². The molecule has 2 aromatic rings. The fourth-order valence-electron chi connectivity index (χ4n) is 4.13. The van der Waals surface area contributed by atoms with E-state index in [-0.39, 0.29) is 17.9 Å². The Morgan fingerprint density at radius 2 is 1.80 bits per heavy atom. The zero-order valence-corrected chi connectivity index (χ0v) is 17.1. The molecule has 3 atom stereocenters. The van der Waals surface area contributed by atoms with Crippen LogP contribution < -0.4 is 20.9 Å². The van der Waals surface area contributed by atoms with Crippen molar-refractivity contribution >= 4 is 23.4 Å². The molecule has 1 saturated heterocycles. The van der Waals surface area contributed by atoms with Gasteiger partial charge in [0.2, 0.25) is 11.8 Å². The minimum absolute atomic E-state index is 0.188. The smallest absolute Gasteiger partial charge is 0.253 e. The summed E-state index contributed by atoms with van der Waals surface area (Å²) in [6.07, 6.45) is 1.70.